The lowest BCUT2D eigenvalue weighted by Crippen LogP contribution is -2.13. The smallest absolute Gasteiger partial charge is 0.260 e. The van der Waals surface area contributed by atoms with E-state index in [4.69, 9.17) is 0 Å². The van der Waals surface area contributed by atoms with Crippen molar-refractivity contribution in [1.29, 1.82) is 0 Å². The first-order valence-corrected chi connectivity index (χ1v) is 9.59. The molecular formula is C21H25N5O. The number of nitrogens with one attached hydrogen (secondary N) is 1. The summed E-state index contributed by atoms with van der Waals surface area (Å²) in [5.74, 6) is 1.12. The fraction of sp³-hybridized carbons (Fsp3) is 0.381. The minimum atomic E-state index is -0.166. The Morgan fingerprint density at radius 3 is 2.70 bits per heavy atom. The van der Waals surface area contributed by atoms with Gasteiger partial charge in [-0.05, 0) is 31.2 Å². The molecule has 0 saturated heterocycles. The summed E-state index contributed by atoms with van der Waals surface area (Å²) in [6, 6.07) is 10.1. The standard InChI is InChI=1S/C21H25N5O/c1-16-12-26(14-18-7-3-2-4-8-18)24-20(16)23-21(27)19-11-22-25(15-19)13-17-9-5-6-10-17/h2-4,7-8,11-12,15,17H,5-6,9-10,13-14H2,1H3,(H,23,24,27). The first kappa shape index (κ1) is 17.5. The number of nitrogens with zero attached hydrogens (tertiary/aromatic N) is 4. The number of amides is 1. The lowest BCUT2D eigenvalue weighted by molar-refractivity contribution is 0.102. The van der Waals surface area contributed by atoms with Gasteiger partial charge in [0, 0.05) is 24.5 Å². The van der Waals surface area contributed by atoms with Gasteiger partial charge in [-0.25, -0.2) is 0 Å². The number of aromatic nitrogens is 4. The van der Waals surface area contributed by atoms with E-state index in [-0.39, 0.29) is 5.91 Å². The molecule has 6 heteroatoms. The van der Waals surface area contributed by atoms with E-state index in [0.717, 1.165) is 12.1 Å². The molecule has 6 nitrogen and oxygen atoms in total. The average molecular weight is 363 g/mol. The van der Waals surface area contributed by atoms with Crippen molar-refractivity contribution in [3.63, 3.8) is 0 Å². The molecular weight excluding hydrogens is 338 g/mol. The van der Waals surface area contributed by atoms with Crippen LogP contribution in [0.3, 0.4) is 0 Å². The lowest BCUT2D eigenvalue weighted by Gasteiger charge is -2.08. The van der Waals surface area contributed by atoms with Gasteiger partial charge in [-0.1, -0.05) is 43.2 Å². The Labute approximate surface area is 159 Å². The second-order valence-corrected chi connectivity index (χ2v) is 7.40. The van der Waals surface area contributed by atoms with Crippen LogP contribution >= 0.6 is 0 Å². The van der Waals surface area contributed by atoms with Crippen LogP contribution in [-0.4, -0.2) is 25.5 Å². The molecule has 1 saturated carbocycles. The minimum absolute atomic E-state index is 0.166. The summed E-state index contributed by atoms with van der Waals surface area (Å²) in [5.41, 5.74) is 2.69. The first-order valence-electron chi connectivity index (χ1n) is 9.59. The van der Waals surface area contributed by atoms with Gasteiger partial charge in [0.2, 0.25) is 0 Å². The number of carbonyl (C=O) groups is 1. The van der Waals surface area contributed by atoms with Gasteiger partial charge in [-0.2, -0.15) is 10.2 Å². The summed E-state index contributed by atoms with van der Waals surface area (Å²) < 4.78 is 3.75. The summed E-state index contributed by atoms with van der Waals surface area (Å²) in [5, 5.41) is 11.8. The zero-order valence-corrected chi connectivity index (χ0v) is 15.6. The third-order valence-corrected chi connectivity index (χ3v) is 5.18. The molecule has 1 aromatic carbocycles. The van der Waals surface area contributed by atoms with Crippen molar-refractivity contribution < 1.29 is 4.79 Å². The van der Waals surface area contributed by atoms with Crippen molar-refractivity contribution in [2.75, 3.05) is 5.32 Å². The van der Waals surface area contributed by atoms with Crippen LogP contribution in [0, 0.1) is 12.8 Å². The molecule has 1 N–H and O–H groups in total. The van der Waals surface area contributed by atoms with Crippen molar-refractivity contribution in [1.82, 2.24) is 19.6 Å². The van der Waals surface area contributed by atoms with Gasteiger partial charge in [0.05, 0.1) is 18.3 Å². The molecule has 4 rings (SSSR count). The molecule has 0 spiro atoms. The molecule has 1 amide bonds. The molecule has 0 unspecified atom stereocenters. The number of rotatable bonds is 6. The highest BCUT2D eigenvalue weighted by atomic mass is 16.1. The topological polar surface area (TPSA) is 64.7 Å². The normalized spacial score (nSPS) is 14.6. The Morgan fingerprint density at radius 1 is 1.15 bits per heavy atom. The Hall–Kier alpha value is -2.89. The molecule has 1 aliphatic rings. The number of aryl methyl sites for hydroxylation is 1. The monoisotopic (exact) mass is 363 g/mol. The van der Waals surface area contributed by atoms with Crippen LogP contribution in [-0.2, 0) is 13.1 Å². The molecule has 3 aromatic rings. The summed E-state index contributed by atoms with van der Waals surface area (Å²) in [7, 11) is 0. The van der Waals surface area contributed by atoms with Gasteiger partial charge in [0.1, 0.15) is 0 Å². The van der Waals surface area contributed by atoms with Gasteiger partial charge in [-0.15, -0.1) is 0 Å². The van der Waals surface area contributed by atoms with Crippen LogP contribution in [0.15, 0.2) is 48.9 Å². The summed E-state index contributed by atoms with van der Waals surface area (Å²) in [4.78, 5) is 12.6. The molecule has 0 radical (unpaired) electrons. The maximum Gasteiger partial charge on any atom is 0.260 e. The maximum atomic E-state index is 12.6. The summed E-state index contributed by atoms with van der Waals surface area (Å²) >= 11 is 0. The van der Waals surface area contributed by atoms with E-state index < -0.39 is 0 Å². The van der Waals surface area contributed by atoms with E-state index in [1.165, 1.54) is 31.2 Å². The fourth-order valence-electron chi connectivity index (χ4n) is 3.71. The Bertz CT molecular complexity index is 906. The average Bonchev–Trinajstić information content (AvgIpc) is 3.40. The Balaban J connectivity index is 1.40. The van der Waals surface area contributed by atoms with E-state index in [0.29, 0.717) is 23.8 Å². The van der Waals surface area contributed by atoms with E-state index in [2.05, 4.69) is 27.6 Å². The predicted molar refractivity (Wildman–Crippen MR) is 105 cm³/mol. The van der Waals surface area contributed by atoms with Crippen LogP contribution in [0.5, 0.6) is 0 Å². The first-order chi connectivity index (χ1) is 13.2. The van der Waals surface area contributed by atoms with Crippen LogP contribution in [0.25, 0.3) is 0 Å². The van der Waals surface area contributed by atoms with Gasteiger partial charge in [0.25, 0.3) is 5.91 Å². The van der Waals surface area contributed by atoms with Gasteiger partial charge >= 0.3 is 0 Å². The maximum absolute atomic E-state index is 12.6. The van der Waals surface area contributed by atoms with E-state index >= 15 is 0 Å². The highest BCUT2D eigenvalue weighted by molar-refractivity contribution is 6.03. The molecule has 2 heterocycles. The number of anilines is 1. The Kier molecular flexibility index (Phi) is 5.05. The van der Waals surface area contributed by atoms with Gasteiger partial charge in [0.15, 0.2) is 5.82 Å². The van der Waals surface area contributed by atoms with Crippen molar-refractivity contribution in [2.45, 2.75) is 45.7 Å². The fourth-order valence-corrected chi connectivity index (χ4v) is 3.71. The summed E-state index contributed by atoms with van der Waals surface area (Å²) in [6.07, 6.45) is 10.6. The minimum Gasteiger partial charge on any atom is -0.305 e. The second kappa shape index (κ2) is 7.78. The molecule has 0 atom stereocenters. The van der Waals surface area contributed by atoms with E-state index in [1.807, 2.05) is 46.9 Å². The SMILES string of the molecule is Cc1cn(Cc2ccccc2)nc1NC(=O)c1cnn(CC2CCCC2)c1. The molecule has 2 aromatic heterocycles. The number of hydrogen-bond donors (Lipinski definition) is 1. The molecule has 1 aliphatic carbocycles. The van der Waals surface area contributed by atoms with Crippen LogP contribution in [0.4, 0.5) is 5.82 Å². The van der Waals surface area contributed by atoms with Crippen molar-refractivity contribution in [3.8, 4) is 0 Å². The third kappa shape index (κ3) is 4.27. The van der Waals surface area contributed by atoms with Crippen LogP contribution in [0.1, 0.15) is 47.2 Å². The molecule has 27 heavy (non-hydrogen) atoms. The largest absolute Gasteiger partial charge is 0.305 e. The van der Waals surface area contributed by atoms with Gasteiger partial charge in [-0.3, -0.25) is 14.2 Å². The number of carbonyl (C=O) groups excluding carboxylic acids is 1. The molecule has 0 aliphatic heterocycles. The highest BCUT2D eigenvalue weighted by Crippen LogP contribution is 2.26. The summed E-state index contributed by atoms with van der Waals surface area (Å²) in [6.45, 7) is 3.53. The Morgan fingerprint density at radius 2 is 1.93 bits per heavy atom. The number of hydrogen-bond acceptors (Lipinski definition) is 3. The van der Waals surface area contributed by atoms with Crippen molar-refractivity contribution in [2.24, 2.45) is 5.92 Å². The predicted octanol–water partition coefficient (Wildman–Crippen LogP) is 3.88. The third-order valence-electron chi connectivity index (χ3n) is 5.18. The number of benzene rings is 1. The lowest BCUT2D eigenvalue weighted by atomic mass is 10.1. The quantitative estimate of drug-likeness (QED) is 0.723. The molecule has 1 fully saturated rings. The van der Waals surface area contributed by atoms with E-state index in [9.17, 15) is 4.79 Å². The second-order valence-electron chi connectivity index (χ2n) is 7.40. The van der Waals surface area contributed by atoms with Crippen LogP contribution < -0.4 is 5.32 Å². The highest BCUT2D eigenvalue weighted by Gasteiger charge is 2.17. The van der Waals surface area contributed by atoms with Crippen LogP contribution in [0.2, 0.25) is 0 Å². The van der Waals surface area contributed by atoms with Crippen molar-refractivity contribution >= 4 is 11.7 Å². The zero-order valence-electron chi connectivity index (χ0n) is 15.6. The van der Waals surface area contributed by atoms with Gasteiger partial charge < -0.3 is 5.32 Å². The molecule has 140 valence electrons. The zero-order chi connectivity index (χ0) is 18.6. The molecule has 0 bridgehead atoms. The van der Waals surface area contributed by atoms with E-state index in [1.54, 1.807) is 6.20 Å². The van der Waals surface area contributed by atoms with Crippen molar-refractivity contribution in [3.05, 3.63) is 65.6 Å².